The van der Waals surface area contributed by atoms with E-state index in [-0.39, 0.29) is 5.91 Å². The third-order valence-corrected chi connectivity index (χ3v) is 7.37. The van der Waals surface area contributed by atoms with Crippen molar-refractivity contribution in [1.29, 1.82) is 0 Å². The van der Waals surface area contributed by atoms with Gasteiger partial charge in [-0.25, -0.2) is 9.96 Å². The molecule has 3 heterocycles. The summed E-state index contributed by atoms with van der Waals surface area (Å²) in [5.41, 5.74) is 1.78. The molecular formula is C30H24Cl2N2O5. The lowest BCUT2D eigenvalue weighted by atomic mass is 9.94. The number of carbonyl (C=O) groups is 2. The summed E-state index contributed by atoms with van der Waals surface area (Å²) in [5, 5.41) is 2.58. The predicted molar refractivity (Wildman–Crippen MR) is 149 cm³/mol. The number of hydrogen-bond donors (Lipinski definition) is 0. The third-order valence-electron chi connectivity index (χ3n) is 6.81. The number of anilines is 2. The van der Waals surface area contributed by atoms with Gasteiger partial charge in [0.2, 0.25) is 5.91 Å². The van der Waals surface area contributed by atoms with Crippen molar-refractivity contribution in [3.8, 4) is 17.1 Å². The van der Waals surface area contributed by atoms with Crippen LogP contribution in [0.15, 0.2) is 89.3 Å². The number of rotatable bonds is 7. The number of fused-ring (bicyclic) bond motifs is 1. The van der Waals surface area contributed by atoms with Crippen molar-refractivity contribution in [3.63, 3.8) is 0 Å². The Morgan fingerprint density at radius 3 is 2.38 bits per heavy atom. The quantitative estimate of drug-likeness (QED) is 0.224. The summed E-state index contributed by atoms with van der Waals surface area (Å²) in [6.07, 6.45) is -0.134. The number of furan rings is 1. The largest absolute Gasteiger partial charge is 0.494 e. The summed E-state index contributed by atoms with van der Waals surface area (Å²) in [6.45, 7) is 2.61. The maximum atomic E-state index is 13.9. The number of carbonyl (C=O) groups excluding carboxylic acids is 2. The molecule has 39 heavy (non-hydrogen) atoms. The molecule has 0 radical (unpaired) electrons. The number of hydroxylamine groups is 1. The molecule has 3 atom stereocenters. The van der Waals surface area contributed by atoms with Crippen molar-refractivity contribution in [2.75, 3.05) is 16.6 Å². The molecule has 2 aliphatic heterocycles. The molecule has 7 nitrogen and oxygen atoms in total. The first-order chi connectivity index (χ1) is 19.0. The SMILES string of the molecule is CCCOc1ccc(N2C(=O)[C@@H]3[C@H](ON(c4ccccc4)[C@@H]3c3ccc(-c4cc(Cl)ccc4Cl)o3)C2=O)cc1. The first kappa shape index (κ1) is 25.5. The Kier molecular flexibility index (Phi) is 6.81. The van der Waals surface area contributed by atoms with Crippen LogP contribution < -0.4 is 14.7 Å². The molecule has 0 spiro atoms. The lowest BCUT2D eigenvalue weighted by Gasteiger charge is -2.27. The molecule has 0 N–H and O–H groups in total. The van der Waals surface area contributed by atoms with Crippen LogP contribution in [0, 0.1) is 5.92 Å². The van der Waals surface area contributed by atoms with Crippen molar-refractivity contribution in [3.05, 3.63) is 101 Å². The van der Waals surface area contributed by atoms with Gasteiger partial charge in [-0.2, -0.15) is 0 Å². The van der Waals surface area contributed by atoms with E-state index in [1.54, 1.807) is 59.7 Å². The second kappa shape index (κ2) is 10.4. The van der Waals surface area contributed by atoms with Gasteiger partial charge in [0, 0.05) is 10.6 Å². The van der Waals surface area contributed by atoms with Crippen LogP contribution in [0.2, 0.25) is 10.0 Å². The highest BCUT2D eigenvalue weighted by Gasteiger charge is 2.61. The summed E-state index contributed by atoms with van der Waals surface area (Å²) in [5.74, 6) is -0.00157. The molecule has 3 aromatic carbocycles. The van der Waals surface area contributed by atoms with Crippen molar-refractivity contribution in [2.24, 2.45) is 5.92 Å². The fraction of sp³-hybridized carbons (Fsp3) is 0.200. The van der Waals surface area contributed by atoms with Crippen molar-refractivity contribution in [1.82, 2.24) is 0 Å². The minimum atomic E-state index is -1.01. The Hall–Kier alpha value is -3.78. The molecule has 0 saturated carbocycles. The molecule has 2 amide bonds. The molecule has 2 fully saturated rings. The number of benzene rings is 3. The summed E-state index contributed by atoms with van der Waals surface area (Å²) in [4.78, 5) is 34.8. The number of halogens is 2. The van der Waals surface area contributed by atoms with E-state index in [9.17, 15) is 9.59 Å². The first-order valence-corrected chi connectivity index (χ1v) is 13.4. The minimum Gasteiger partial charge on any atom is -0.494 e. The smallest absolute Gasteiger partial charge is 0.266 e. The fourth-order valence-corrected chi connectivity index (χ4v) is 5.39. The Bertz CT molecular complexity index is 1520. The lowest BCUT2D eigenvalue weighted by molar-refractivity contribution is -0.126. The van der Waals surface area contributed by atoms with Gasteiger partial charge in [0.05, 0.1) is 23.0 Å². The van der Waals surface area contributed by atoms with E-state index in [1.807, 2.05) is 37.3 Å². The molecule has 1 aromatic heterocycles. The van der Waals surface area contributed by atoms with E-state index in [1.165, 1.54) is 4.90 Å². The van der Waals surface area contributed by atoms with Gasteiger partial charge in [-0.05, 0) is 73.2 Å². The number of para-hydroxylation sites is 1. The first-order valence-electron chi connectivity index (χ1n) is 12.6. The van der Waals surface area contributed by atoms with Crippen LogP contribution in [-0.2, 0) is 14.4 Å². The van der Waals surface area contributed by atoms with Gasteiger partial charge in [0.1, 0.15) is 29.2 Å². The molecular weight excluding hydrogens is 539 g/mol. The Morgan fingerprint density at radius 2 is 1.64 bits per heavy atom. The number of amides is 2. The maximum absolute atomic E-state index is 13.9. The highest BCUT2D eigenvalue weighted by Crippen LogP contribution is 2.48. The van der Waals surface area contributed by atoms with E-state index in [0.29, 0.717) is 50.9 Å². The highest BCUT2D eigenvalue weighted by atomic mass is 35.5. The van der Waals surface area contributed by atoms with E-state index < -0.39 is 24.0 Å². The van der Waals surface area contributed by atoms with Crippen LogP contribution in [0.1, 0.15) is 25.1 Å². The molecule has 0 aliphatic carbocycles. The summed E-state index contributed by atoms with van der Waals surface area (Å²) >= 11 is 12.6. The van der Waals surface area contributed by atoms with Gasteiger partial charge in [0.25, 0.3) is 5.91 Å². The second-order valence-electron chi connectivity index (χ2n) is 9.34. The van der Waals surface area contributed by atoms with Crippen molar-refractivity contribution in [2.45, 2.75) is 25.5 Å². The van der Waals surface area contributed by atoms with E-state index in [4.69, 9.17) is 37.2 Å². The molecule has 6 rings (SSSR count). The van der Waals surface area contributed by atoms with Crippen molar-refractivity contribution < 1.29 is 23.6 Å². The van der Waals surface area contributed by atoms with E-state index in [2.05, 4.69) is 0 Å². The lowest BCUT2D eigenvalue weighted by Crippen LogP contribution is -2.37. The number of ether oxygens (including phenoxy) is 1. The molecule has 0 unspecified atom stereocenters. The monoisotopic (exact) mass is 562 g/mol. The molecule has 198 valence electrons. The molecule has 4 aromatic rings. The molecule has 9 heteroatoms. The molecule has 2 saturated heterocycles. The topological polar surface area (TPSA) is 72.2 Å². The van der Waals surface area contributed by atoms with Gasteiger partial charge in [-0.3, -0.25) is 14.4 Å². The van der Waals surface area contributed by atoms with Crippen LogP contribution in [0.5, 0.6) is 5.75 Å². The average molecular weight is 563 g/mol. The zero-order valence-electron chi connectivity index (χ0n) is 20.9. The van der Waals surface area contributed by atoms with Gasteiger partial charge < -0.3 is 9.15 Å². The van der Waals surface area contributed by atoms with Gasteiger partial charge in [-0.15, -0.1) is 0 Å². The van der Waals surface area contributed by atoms with Gasteiger partial charge >= 0.3 is 0 Å². The van der Waals surface area contributed by atoms with Crippen LogP contribution >= 0.6 is 23.2 Å². The number of imide groups is 1. The van der Waals surface area contributed by atoms with Crippen LogP contribution in [0.3, 0.4) is 0 Å². The number of hydrogen-bond acceptors (Lipinski definition) is 6. The molecule has 0 bridgehead atoms. The van der Waals surface area contributed by atoms with Crippen LogP contribution in [-0.4, -0.2) is 24.5 Å². The highest BCUT2D eigenvalue weighted by molar-refractivity contribution is 6.35. The van der Waals surface area contributed by atoms with Crippen LogP contribution in [0.25, 0.3) is 11.3 Å². The standard InChI is InChI=1S/C30H24Cl2N2O5/c1-2-16-37-21-11-9-19(10-12-21)33-29(35)26-27(34(39-28(26)30(33)36)20-6-4-3-5-7-20)25-15-14-24(38-25)22-17-18(31)8-13-23(22)32/h3-15,17,26-28H,2,16H2,1H3/t26-,27+,28-/m0/s1. The van der Waals surface area contributed by atoms with E-state index >= 15 is 0 Å². The Morgan fingerprint density at radius 1 is 0.872 bits per heavy atom. The maximum Gasteiger partial charge on any atom is 0.266 e. The normalized spacial score (nSPS) is 20.5. The number of nitrogens with zero attached hydrogens (tertiary/aromatic N) is 2. The third kappa shape index (κ3) is 4.56. The zero-order chi connectivity index (χ0) is 27.1. The van der Waals surface area contributed by atoms with E-state index in [0.717, 1.165) is 6.42 Å². The summed E-state index contributed by atoms with van der Waals surface area (Å²) < 4.78 is 11.9. The summed E-state index contributed by atoms with van der Waals surface area (Å²) in [6, 6.07) is 24.2. The Balaban J connectivity index is 1.37. The average Bonchev–Trinajstić information content (AvgIpc) is 3.65. The predicted octanol–water partition coefficient (Wildman–Crippen LogP) is 7.09. The minimum absolute atomic E-state index is 0.366. The van der Waals surface area contributed by atoms with Crippen LogP contribution in [0.4, 0.5) is 11.4 Å². The van der Waals surface area contributed by atoms with Gasteiger partial charge in [0.15, 0.2) is 6.10 Å². The van der Waals surface area contributed by atoms with Crippen molar-refractivity contribution >= 4 is 46.4 Å². The summed E-state index contributed by atoms with van der Waals surface area (Å²) in [7, 11) is 0. The van der Waals surface area contributed by atoms with Gasteiger partial charge in [-0.1, -0.05) is 48.3 Å². The molecule has 2 aliphatic rings. The fourth-order valence-electron chi connectivity index (χ4n) is 5.01. The Labute approximate surface area is 235 Å². The zero-order valence-corrected chi connectivity index (χ0v) is 22.4. The second-order valence-corrected chi connectivity index (χ2v) is 10.2.